The first kappa shape index (κ1) is 13.9. The summed E-state index contributed by atoms with van der Waals surface area (Å²) in [4.78, 5) is 4.16. The molecule has 3 heteroatoms. The summed E-state index contributed by atoms with van der Waals surface area (Å²) < 4.78 is 0. The van der Waals surface area contributed by atoms with Gasteiger partial charge in [0.05, 0.1) is 5.69 Å². The standard InChI is InChI=1S/C16H19ClN2/c1-4-13-5-7-14(8-6-13)12(3)19-15-9-11(2)10-18-16(15)17/h5-10,12,19H,4H2,1-3H3. The Balaban J connectivity index is 2.15. The molecule has 1 heterocycles. The second kappa shape index (κ2) is 6.07. The number of pyridine rings is 1. The van der Waals surface area contributed by atoms with Crippen LogP contribution in [0.15, 0.2) is 36.5 Å². The van der Waals surface area contributed by atoms with Crippen LogP contribution in [0.3, 0.4) is 0 Å². The Morgan fingerprint density at radius 1 is 1.26 bits per heavy atom. The van der Waals surface area contributed by atoms with Gasteiger partial charge in [0, 0.05) is 12.2 Å². The summed E-state index contributed by atoms with van der Waals surface area (Å²) in [6, 6.07) is 10.9. The van der Waals surface area contributed by atoms with Gasteiger partial charge in [-0.1, -0.05) is 42.8 Å². The Hall–Kier alpha value is -1.54. The molecule has 0 bridgehead atoms. The quantitative estimate of drug-likeness (QED) is 0.812. The van der Waals surface area contributed by atoms with Crippen molar-refractivity contribution in [3.8, 4) is 0 Å². The van der Waals surface area contributed by atoms with Gasteiger partial charge in [0.2, 0.25) is 0 Å². The van der Waals surface area contributed by atoms with E-state index in [1.165, 1.54) is 11.1 Å². The normalized spacial score (nSPS) is 12.2. The van der Waals surface area contributed by atoms with E-state index < -0.39 is 0 Å². The Morgan fingerprint density at radius 2 is 1.95 bits per heavy atom. The summed E-state index contributed by atoms with van der Waals surface area (Å²) in [7, 11) is 0. The van der Waals surface area contributed by atoms with Crippen LogP contribution in [0, 0.1) is 6.92 Å². The van der Waals surface area contributed by atoms with E-state index in [4.69, 9.17) is 11.6 Å². The zero-order chi connectivity index (χ0) is 13.8. The minimum absolute atomic E-state index is 0.201. The number of halogens is 1. The van der Waals surface area contributed by atoms with Crippen LogP contribution < -0.4 is 5.32 Å². The van der Waals surface area contributed by atoms with Crippen LogP contribution in [0.2, 0.25) is 5.15 Å². The smallest absolute Gasteiger partial charge is 0.152 e. The predicted molar refractivity (Wildman–Crippen MR) is 81.8 cm³/mol. The number of aryl methyl sites for hydroxylation is 2. The molecule has 2 rings (SSSR count). The second-order valence-corrected chi connectivity index (χ2v) is 5.17. The van der Waals surface area contributed by atoms with Crippen molar-refractivity contribution in [3.63, 3.8) is 0 Å². The highest BCUT2D eigenvalue weighted by molar-refractivity contribution is 6.31. The van der Waals surface area contributed by atoms with Crippen molar-refractivity contribution in [2.24, 2.45) is 0 Å². The Morgan fingerprint density at radius 3 is 2.58 bits per heavy atom. The molecule has 0 saturated heterocycles. The van der Waals surface area contributed by atoms with Gasteiger partial charge in [-0.25, -0.2) is 4.98 Å². The first-order chi connectivity index (χ1) is 9.10. The highest BCUT2D eigenvalue weighted by Crippen LogP contribution is 2.25. The molecule has 0 aliphatic heterocycles. The summed E-state index contributed by atoms with van der Waals surface area (Å²) >= 11 is 6.10. The first-order valence-electron chi connectivity index (χ1n) is 6.57. The summed E-state index contributed by atoms with van der Waals surface area (Å²) in [6.45, 7) is 6.30. The minimum Gasteiger partial charge on any atom is -0.376 e. The summed E-state index contributed by atoms with van der Waals surface area (Å²) in [5, 5.41) is 3.93. The van der Waals surface area contributed by atoms with Gasteiger partial charge in [-0.3, -0.25) is 0 Å². The van der Waals surface area contributed by atoms with Crippen molar-refractivity contribution in [3.05, 3.63) is 58.4 Å². The zero-order valence-electron chi connectivity index (χ0n) is 11.6. The van der Waals surface area contributed by atoms with Crippen LogP contribution in [0.25, 0.3) is 0 Å². The lowest BCUT2D eigenvalue weighted by atomic mass is 10.0. The molecule has 2 aromatic rings. The van der Waals surface area contributed by atoms with E-state index in [0.29, 0.717) is 5.15 Å². The number of aromatic nitrogens is 1. The predicted octanol–water partition coefficient (Wildman–Crippen LogP) is 4.78. The summed E-state index contributed by atoms with van der Waals surface area (Å²) in [5.41, 5.74) is 4.58. The molecule has 1 aromatic carbocycles. The summed E-state index contributed by atoms with van der Waals surface area (Å²) in [5.74, 6) is 0. The fourth-order valence-corrected chi connectivity index (χ4v) is 2.17. The lowest BCUT2D eigenvalue weighted by Gasteiger charge is -2.17. The number of nitrogens with one attached hydrogen (secondary N) is 1. The molecule has 1 aromatic heterocycles. The minimum atomic E-state index is 0.201. The van der Waals surface area contributed by atoms with E-state index in [1.807, 2.05) is 13.0 Å². The van der Waals surface area contributed by atoms with E-state index in [-0.39, 0.29) is 6.04 Å². The highest BCUT2D eigenvalue weighted by atomic mass is 35.5. The molecule has 0 spiro atoms. The van der Waals surface area contributed by atoms with Gasteiger partial charge >= 0.3 is 0 Å². The fourth-order valence-electron chi connectivity index (χ4n) is 2.01. The molecule has 1 unspecified atom stereocenters. The molecular formula is C16H19ClN2. The SMILES string of the molecule is CCc1ccc(C(C)Nc2cc(C)cnc2Cl)cc1. The number of anilines is 1. The van der Waals surface area contributed by atoms with Gasteiger partial charge in [0.15, 0.2) is 5.15 Å². The van der Waals surface area contributed by atoms with E-state index in [9.17, 15) is 0 Å². The van der Waals surface area contributed by atoms with Gasteiger partial charge in [0.1, 0.15) is 0 Å². The van der Waals surface area contributed by atoms with Crippen molar-refractivity contribution >= 4 is 17.3 Å². The maximum Gasteiger partial charge on any atom is 0.152 e. The number of rotatable bonds is 4. The van der Waals surface area contributed by atoms with Gasteiger partial charge < -0.3 is 5.32 Å². The number of nitrogens with zero attached hydrogens (tertiary/aromatic N) is 1. The monoisotopic (exact) mass is 274 g/mol. The lowest BCUT2D eigenvalue weighted by molar-refractivity contribution is 0.880. The molecule has 0 aliphatic carbocycles. The topological polar surface area (TPSA) is 24.9 Å². The molecule has 0 aliphatic rings. The van der Waals surface area contributed by atoms with Gasteiger partial charge in [-0.05, 0) is 43.0 Å². The second-order valence-electron chi connectivity index (χ2n) is 4.81. The molecule has 0 radical (unpaired) electrons. The van der Waals surface area contributed by atoms with Crippen LogP contribution in [0.1, 0.15) is 36.6 Å². The van der Waals surface area contributed by atoms with Crippen molar-refractivity contribution < 1.29 is 0 Å². The average molecular weight is 275 g/mol. The third-order valence-electron chi connectivity index (χ3n) is 3.24. The van der Waals surface area contributed by atoms with Crippen LogP contribution in [0.4, 0.5) is 5.69 Å². The summed E-state index contributed by atoms with van der Waals surface area (Å²) in [6.07, 6.45) is 2.84. The van der Waals surface area contributed by atoms with Crippen LogP contribution >= 0.6 is 11.6 Å². The average Bonchev–Trinajstić information content (AvgIpc) is 2.43. The third-order valence-corrected chi connectivity index (χ3v) is 3.54. The van der Waals surface area contributed by atoms with Gasteiger partial charge in [-0.15, -0.1) is 0 Å². The van der Waals surface area contributed by atoms with E-state index in [2.05, 4.69) is 48.4 Å². The number of hydrogen-bond donors (Lipinski definition) is 1. The van der Waals surface area contributed by atoms with Crippen molar-refractivity contribution in [1.82, 2.24) is 4.98 Å². The van der Waals surface area contributed by atoms with Crippen LogP contribution in [-0.2, 0) is 6.42 Å². The largest absolute Gasteiger partial charge is 0.376 e. The maximum atomic E-state index is 6.10. The fraction of sp³-hybridized carbons (Fsp3) is 0.312. The highest BCUT2D eigenvalue weighted by Gasteiger charge is 2.08. The van der Waals surface area contributed by atoms with Crippen molar-refractivity contribution in [1.29, 1.82) is 0 Å². The number of benzene rings is 1. The number of hydrogen-bond acceptors (Lipinski definition) is 2. The lowest BCUT2D eigenvalue weighted by Crippen LogP contribution is -2.07. The Labute approximate surface area is 119 Å². The molecule has 0 saturated carbocycles. The molecule has 100 valence electrons. The van der Waals surface area contributed by atoms with Gasteiger partial charge in [-0.2, -0.15) is 0 Å². The van der Waals surface area contributed by atoms with Crippen LogP contribution in [0.5, 0.6) is 0 Å². The van der Waals surface area contributed by atoms with Crippen LogP contribution in [-0.4, -0.2) is 4.98 Å². The molecule has 0 fully saturated rings. The maximum absolute atomic E-state index is 6.10. The molecule has 0 amide bonds. The molecule has 1 atom stereocenters. The molecule has 1 N–H and O–H groups in total. The molecular weight excluding hydrogens is 256 g/mol. The van der Waals surface area contributed by atoms with Gasteiger partial charge in [0.25, 0.3) is 0 Å². The molecule has 19 heavy (non-hydrogen) atoms. The Kier molecular flexibility index (Phi) is 4.43. The van der Waals surface area contributed by atoms with Crippen molar-refractivity contribution in [2.45, 2.75) is 33.2 Å². The van der Waals surface area contributed by atoms with E-state index in [0.717, 1.165) is 17.7 Å². The third kappa shape index (κ3) is 3.48. The van der Waals surface area contributed by atoms with Crippen molar-refractivity contribution in [2.75, 3.05) is 5.32 Å². The first-order valence-corrected chi connectivity index (χ1v) is 6.95. The van der Waals surface area contributed by atoms with E-state index >= 15 is 0 Å². The Bertz CT molecular complexity index is 549. The molecule has 2 nitrogen and oxygen atoms in total. The van der Waals surface area contributed by atoms with E-state index in [1.54, 1.807) is 6.20 Å². The zero-order valence-corrected chi connectivity index (χ0v) is 12.3.